The number of rotatable bonds is 17. The Morgan fingerprint density at radius 3 is 1.34 bits per heavy atom. The van der Waals surface area contributed by atoms with Gasteiger partial charge in [-0.25, -0.2) is 8.89 Å². The minimum absolute atomic E-state index is 0.0313. The number of ether oxygens (including phenoxy) is 20. The molecule has 830 valence electrons. The van der Waals surface area contributed by atoms with Gasteiger partial charge in [0.1, 0.15) is 107 Å². The van der Waals surface area contributed by atoms with Crippen molar-refractivity contribution in [3.63, 3.8) is 0 Å². The number of hydrogen-bond donors (Lipinski definition) is 7. The second-order valence-corrected chi connectivity index (χ2v) is 44.6. The van der Waals surface area contributed by atoms with Crippen molar-refractivity contribution >= 4 is 51.8 Å². The summed E-state index contributed by atoms with van der Waals surface area (Å²) in [5, 5.41) is 79.5. The van der Waals surface area contributed by atoms with Crippen molar-refractivity contribution in [1.29, 1.82) is 5.26 Å². The lowest BCUT2D eigenvalue weighted by Crippen LogP contribution is -2.58. The molecule has 33 nitrogen and oxygen atoms in total. The highest BCUT2D eigenvalue weighted by atomic mass is 35.5. The van der Waals surface area contributed by atoms with Crippen molar-refractivity contribution in [3.05, 3.63) is 152 Å². The van der Waals surface area contributed by atoms with Gasteiger partial charge in [0.15, 0.2) is 53.2 Å². The standard InChI is InChI=1S/C48H72O14.C47H70O14.C12H4Cl2F6N4OS/c1-11-25(2)43-28(5)17-18-47(62-43)23-34-20-33(61-47)16-15-27(4)42(26(3)13-12-14-32-24-55-45-40(49)29(6)19-35(46(51)58-34)48(32,45)52)59-39-22-37(54-10)44(31(8)57-39)60-38-21-36(53-9)41(50)30(7)56-38;1-24(2)41-27(5)16-17-46(61-41)22-33-19-32(60-46)15-14-26(4)42(25(3)12-11-13-31-23-54-44-39(48)28(6)18-34(45(50)57-33)47(31,44)51)58-38-21-36(53-10)43(30(8)56-38)59-37-20-35(52-9)40(49)29(7)55-37;13-5-1-4(11(15,16)17)2-6(14)8(5)24-10(22)9(7(3-21)23-24)26(25)12(18,19)20/h12-15,17-19,25-26,28,30-31,33-45,49-50,52H,11,16,20-24H2,1-10H3;11-14,16-18,24-25,27,29-30,32-44,48-49,51H,15,19-23H2,1-10H3;1-2H,22H2/b13-12+,27-15+,32-14+;12-11+,26-14+,31-13+;/t25-,26-,28-,30-,31-,33+,34-,35-,36-,37-,38-,39-,40+,41-,42-,43+,44-,45+,47+,48+;25-,27-,29-,30-,32+,33-,34-,35-,36-,37-,38-,39+,40-,41+,42-,43-,44+,46+,47+;/m00./s1. The lowest BCUT2D eigenvalue weighted by atomic mass is 9.71. The van der Waals surface area contributed by atoms with Crippen molar-refractivity contribution < 1.29 is 166 Å². The van der Waals surface area contributed by atoms with Crippen LogP contribution in [0.1, 0.15) is 193 Å². The highest BCUT2D eigenvalue weighted by Gasteiger charge is 2.63. The number of benzene rings is 1. The average Bonchev–Trinajstić information content (AvgIpc) is 1.60. The molecule has 12 aliphatic heterocycles. The summed E-state index contributed by atoms with van der Waals surface area (Å²) < 4.78 is 215. The molecule has 14 aliphatic rings. The molecule has 40 atom stereocenters. The summed E-state index contributed by atoms with van der Waals surface area (Å²) in [5.74, 6) is -6.09. The van der Waals surface area contributed by atoms with E-state index in [1.807, 2.05) is 64.2 Å². The minimum atomic E-state index is -5.25. The SMILES string of the molecule is CC[C@H](C)[C@H]1O[C@]2(C=C[C@@H]1C)C[C@@H]1C[C@@H](C/C=C(\C)[C@@H](O[C@H]3C[C@H](OC)[C@@H](O[C@H]4C[C@H](OC)[C@@H](O)[C@H](C)O4)[C@H](C)O3)[C@@H](C)/C=C/C=C3\CO[C@@H]4[C@H](O)C(C)=C[C@@H](C(=O)O1)[C@]34O)O2.CO[C@H]1C[C@H](O[C@H]2[C@H](C)O[C@@H](O[C@@H]3/C(C)=C/C[C@@H]4C[C@@H](C[C@]5(C=C[C@H](C)[C@@H](C(C)C)O5)O4)OC(=O)[C@@H]4C=C(C)[C@@H](O)[C@H]5OC/C(=C\C=C\[C@@H]3C)[C@]54O)C[C@@H]2OC)O[C@@H](C)[C@@H]1O.N#Cc1nn(-c2c(Cl)cc(C(F)(F)F)cc2Cl)c(N)c1S(=O)C(F)(F)F. The van der Waals surface area contributed by atoms with E-state index in [1.165, 1.54) is 6.07 Å². The fourth-order valence-electron chi connectivity index (χ4n) is 22.9. The van der Waals surface area contributed by atoms with E-state index in [2.05, 4.69) is 84.8 Å². The lowest BCUT2D eigenvalue weighted by Gasteiger charge is -2.48. The number of methoxy groups -OCH3 is 4. The second-order valence-electron chi connectivity index (χ2n) is 42.4. The molecule has 8 fully saturated rings. The van der Waals surface area contributed by atoms with Crippen LogP contribution in [0.2, 0.25) is 10.0 Å². The van der Waals surface area contributed by atoms with Crippen molar-refractivity contribution in [2.45, 2.75) is 392 Å². The maximum absolute atomic E-state index is 14.3. The first-order chi connectivity index (χ1) is 70.2. The molecule has 2 aliphatic carbocycles. The zero-order valence-electron chi connectivity index (χ0n) is 87.6. The topological polar surface area (TPSA) is 425 Å². The number of allylic oxidation sites excluding steroid dienone is 4. The molecule has 0 saturated carbocycles. The number of nitrogen functional groups attached to an aromatic ring is 1. The summed E-state index contributed by atoms with van der Waals surface area (Å²) in [6, 6.07) is 2.19. The van der Waals surface area contributed by atoms with Gasteiger partial charge < -0.3 is 131 Å². The average molecular weight is 2170 g/mol. The number of nitriles is 1. The maximum Gasteiger partial charge on any atom is 0.476 e. The van der Waals surface area contributed by atoms with Gasteiger partial charge >= 0.3 is 23.6 Å². The summed E-state index contributed by atoms with van der Waals surface area (Å²) in [4.78, 5) is 27.5. The van der Waals surface area contributed by atoms with Crippen LogP contribution >= 0.6 is 23.2 Å². The van der Waals surface area contributed by atoms with Crippen molar-refractivity contribution in [2.24, 2.45) is 47.3 Å². The molecule has 4 bridgehead atoms. The number of alkyl halides is 6. The third-order valence-corrected chi connectivity index (χ3v) is 33.2. The molecule has 149 heavy (non-hydrogen) atoms. The summed E-state index contributed by atoms with van der Waals surface area (Å²) in [6.07, 6.45) is 11.3. The molecule has 16 rings (SSSR count). The number of carbonyl (C=O) groups excluding carboxylic acids is 2. The Labute approximate surface area is 878 Å². The molecule has 1 aromatic heterocycles. The van der Waals surface area contributed by atoms with E-state index in [0.717, 1.165) is 17.6 Å². The van der Waals surface area contributed by atoms with Crippen LogP contribution in [0.15, 0.2) is 136 Å². The molecule has 0 amide bonds. The normalized spacial score (nSPS) is 43.0. The predicted molar refractivity (Wildman–Crippen MR) is 530 cm³/mol. The molecule has 1 aromatic carbocycles. The first-order valence-electron chi connectivity index (χ1n) is 51.3. The second kappa shape index (κ2) is 48.6. The fraction of sp³-hybridized carbons (Fsp3) is 0.701. The first-order valence-corrected chi connectivity index (χ1v) is 53.2. The zero-order chi connectivity index (χ0) is 109. The Morgan fingerprint density at radius 2 is 0.953 bits per heavy atom. The van der Waals surface area contributed by atoms with E-state index in [-0.39, 0.29) is 85.3 Å². The number of halogens is 8. The van der Waals surface area contributed by atoms with E-state index in [0.29, 0.717) is 103 Å². The largest absolute Gasteiger partial charge is 0.476 e. The third kappa shape index (κ3) is 25.6. The number of aliphatic hydroxyl groups excluding tert-OH is 4. The Kier molecular flexibility index (Phi) is 38.5. The van der Waals surface area contributed by atoms with E-state index < -0.39 is 242 Å². The molecule has 2 spiro atoms. The number of aliphatic hydroxyl groups is 6. The number of aromatic nitrogens is 2. The molecule has 8 N–H and O–H groups in total. The van der Waals surface area contributed by atoms with Crippen LogP contribution in [-0.2, 0) is 121 Å². The van der Waals surface area contributed by atoms with E-state index in [9.17, 15) is 70.8 Å². The van der Waals surface area contributed by atoms with Gasteiger partial charge in [0.25, 0.3) is 0 Å². The van der Waals surface area contributed by atoms with E-state index in [1.54, 1.807) is 80.4 Å². The Hall–Kier alpha value is -6.59. The quantitative estimate of drug-likeness (QED) is 0.0439. The van der Waals surface area contributed by atoms with Crippen LogP contribution in [0.3, 0.4) is 0 Å². The first kappa shape index (κ1) is 118. The molecule has 42 heteroatoms. The number of nitrogens with two attached hydrogens (primary N) is 1. The van der Waals surface area contributed by atoms with Crippen LogP contribution in [0.25, 0.3) is 5.69 Å². The Balaban J connectivity index is 0.000000190. The van der Waals surface area contributed by atoms with Crippen LogP contribution in [0.5, 0.6) is 0 Å². The number of fused-ring (bicyclic) bond motifs is 4. The number of esters is 2. The molecular weight excluding hydrogens is 2020 g/mol. The molecule has 13 heterocycles. The number of nitrogens with zero attached hydrogens (tertiary/aromatic N) is 3. The summed E-state index contributed by atoms with van der Waals surface area (Å²) in [7, 11) is 2.73. The lowest BCUT2D eigenvalue weighted by molar-refractivity contribution is -0.318. The molecule has 2 aromatic rings. The van der Waals surface area contributed by atoms with Crippen LogP contribution in [0, 0.1) is 58.7 Å². The smallest absolute Gasteiger partial charge is 0.462 e. The fourth-order valence-corrected chi connectivity index (χ4v) is 24.3. The monoisotopic (exact) mass is 2170 g/mol. The highest BCUT2D eigenvalue weighted by molar-refractivity contribution is 7.86. The molecule has 1 unspecified atom stereocenters. The van der Waals surface area contributed by atoms with Crippen molar-refractivity contribution in [1.82, 2.24) is 9.78 Å². The predicted octanol–water partition coefficient (Wildman–Crippen LogP) is 14.6. The van der Waals surface area contributed by atoms with Gasteiger partial charge in [0, 0.05) is 103 Å². The third-order valence-electron chi connectivity index (χ3n) is 31.4. The number of anilines is 1. The zero-order valence-corrected chi connectivity index (χ0v) is 90.0. The van der Waals surface area contributed by atoms with Gasteiger partial charge in [-0.15, -0.1) is 0 Å². The van der Waals surface area contributed by atoms with Crippen molar-refractivity contribution in [3.8, 4) is 11.8 Å². The van der Waals surface area contributed by atoms with Crippen LogP contribution in [-0.4, -0.2) is 298 Å². The van der Waals surface area contributed by atoms with Gasteiger partial charge in [-0.3, -0.25) is 9.59 Å². The summed E-state index contributed by atoms with van der Waals surface area (Å²) in [5.41, 5.74) is -2.16. The van der Waals surface area contributed by atoms with Gasteiger partial charge in [0.05, 0.1) is 114 Å². The number of hydrogen-bond acceptors (Lipinski definition) is 32. The maximum atomic E-state index is 14.3. The van der Waals surface area contributed by atoms with Gasteiger partial charge in [0.2, 0.25) is 0 Å². The highest BCUT2D eigenvalue weighted by Crippen LogP contribution is 2.52. The molecular formula is C107H146Cl2F6N4O29S. The van der Waals surface area contributed by atoms with E-state index >= 15 is 0 Å². The molecule has 0 radical (unpaired) electrons. The Bertz CT molecular complexity index is 5400. The Morgan fingerprint density at radius 1 is 0.557 bits per heavy atom. The van der Waals surface area contributed by atoms with Gasteiger partial charge in [-0.05, 0) is 138 Å². The minimum Gasteiger partial charge on any atom is -0.462 e. The van der Waals surface area contributed by atoms with Crippen LogP contribution < -0.4 is 5.73 Å². The summed E-state index contributed by atoms with van der Waals surface area (Å²) >= 11 is 11.5. The number of carbonyl (C=O) groups is 2. The summed E-state index contributed by atoms with van der Waals surface area (Å²) in [6.45, 7) is 32.1. The van der Waals surface area contributed by atoms with Gasteiger partial charge in [-0.1, -0.05) is 158 Å². The van der Waals surface area contributed by atoms with Crippen molar-refractivity contribution in [2.75, 3.05) is 47.4 Å². The van der Waals surface area contributed by atoms with Crippen LogP contribution in [0.4, 0.5) is 32.2 Å². The van der Waals surface area contributed by atoms with E-state index in [4.69, 9.17) is 129 Å². The van der Waals surface area contributed by atoms with Gasteiger partial charge in [-0.2, -0.15) is 36.7 Å². The molecule has 8 saturated heterocycles.